The van der Waals surface area contributed by atoms with Gasteiger partial charge in [-0.25, -0.2) is 13.1 Å². The first-order valence-electron chi connectivity index (χ1n) is 6.08. The molecule has 0 heterocycles. The lowest BCUT2D eigenvalue weighted by Gasteiger charge is -2.06. The zero-order chi connectivity index (χ0) is 13.3. The predicted octanol–water partition coefficient (Wildman–Crippen LogP) is 2.44. The first kappa shape index (κ1) is 14.7. The van der Waals surface area contributed by atoms with Crippen molar-refractivity contribution in [2.75, 3.05) is 6.54 Å². The summed E-state index contributed by atoms with van der Waals surface area (Å²) in [7, 11) is -3.36. The van der Waals surface area contributed by atoms with Crippen LogP contribution in [0, 0.1) is 11.3 Å². The van der Waals surface area contributed by atoms with E-state index in [1.165, 1.54) is 0 Å². The topological polar surface area (TPSA) is 70.0 Å². The molecule has 1 aromatic carbocycles. The number of nitriles is 1. The lowest BCUT2D eigenvalue weighted by Crippen LogP contribution is -2.24. The quantitative estimate of drug-likeness (QED) is 0.735. The minimum atomic E-state index is -3.36. The Balaban J connectivity index is 2.25. The molecule has 0 aliphatic carbocycles. The first-order valence-corrected chi connectivity index (χ1v) is 7.57. The summed E-state index contributed by atoms with van der Waals surface area (Å²) in [6.07, 6.45) is 4.19. The molecule has 0 spiro atoms. The Morgan fingerprint density at radius 2 is 1.72 bits per heavy atom. The molecule has 0 radical (unpaired) electrons. The molecule has 0 saturated carbocycles. The van der Waals surface area contributed by atoms with E-state index in [1.807, 2.05) is 0 Å². The number of hydrogen-bond acceptors (Lipinski definition) is 3. The van der Waals surface area contributed by atoms with E-state index in [-0.39, 0.29) is 0 Å². The van der Waals surface area contributed by atoms with Crippen LogP contribution in [0.1, 0.15) is 32.1 Å². The average Bonchev–Trinajstić information content (AvgIpc) is 2.39. The van der Waals surface area contributed by atoms with Gasteiger partial charge < -0.3 is 0 Å². The van der Waals surface area contributed by atoms with E-state index in [2.05, 4.69) is 10.8 Å². The van der Waals surface area contributed by atoms with E-state index in [1.54, 1.807) is 30.3 Å². The Bertz CT molecular complexity index is 477. The Morgan fingerprint density at radius 1 is 1.06 bits per heavy atom. The Hall–Kier alpha value is -1.38. The summed E-state index contributed by atoms with van der Waals surface area (Å²) in [6.45, 7) is 0.448. The Morgan fingerprint density at radius 3 is 2.39 bits per heavy atom. The smallest absolute Gasteiger partial charge is 0.211 e. The van der Waals surface area contributed by atoms with Gasteiger partial charge in [0.2, 0.25) is 10.0 Å². The molecular formula is C13H18N2O2S. The van der Waals surface area contributed by atoms with Crippen molar-refractivity contribution in [3.63, 3.8) is 0 Å². The maximum atomic E-state index is 11.8. The molecule has 0 aliphatic rings. The molecular weight excluding hydrogens is 248 g/mol. The van der Waals surface area contributed by atoms with Gasteiger partial charge in [0.25, 0.3) is 0 Å². The maximum absolute atomic E-state index is 11.8. The lowest BCUT2D eigenvalue weighted by atomic mass is 10.1. The second-order valence-corrected chi connectivity index (χ2v) is 5.80. The van der Waals surface area contributed by atoms with E-state index in [0.717, 1.165) is 25.7 Å². The summed E-state index contributed by atoms with van der Waals surface area (Å²) in [6, 6.07) is 10.4. The van der Waals surface area contributed by atoms with Crippen molar-refractivity contribution in [3.05, 3.63) is 30.3 Å². The van der Waals surface area contributed by atoms with Crippen molar-refractivity contribution in [1.82, 2.24) is 4.72 Å². The largest absolute Gasteiger partial charge is 0.240 e. The molecule has 18 heavy (non-hydrogen) atoms. The van der Waals surface area contributed by atoms with Crippen LogP contribution in [0.5, 0.6) is 0 Å². The molecule has 1 rings (SSSR count). The number of unbranched alkanes of at least 4 members (excludes halogenated alkanes) is 4. The highest BCUT2D eigenvalue weighted by atomic mass is 32.2. The second kappa shape index (κ2) is 7.85. The van der Waals surface area contributed by atoms with Gasteiger partial charge in [-0.3, -0.25) is 0 Å². The summed E-state index contributed by atoms with van der Waals surface area (Å²) in [5, 5.41) is 8.36. The van der Waals surface area contributed by atoms with Crippen LogP contribution in [0.25, 0.3) is 0 Å². The highest BCUT2D eigenvalue weighted by Gasteiger charge is 2.11. The second-order valence-electron chi connectivity index (χ2n) is 4.03. The molecule has 0 bridgehead atoms. The number of rotatable bonds is 8. The number of sulfonamides is 1. The Labute approximate surface area is 109 Å². The predicted molar refractivity (Wildman–Crippen MR) is 70.3 cm³/mol. The molecule has 0 saturated heterocycles. The van der Waals surface area contributed by atoms with Crippen molar-refractivity contribution in [3.8, 4) is 6.07 Å². The number of hydrogen-bond donors (Lipinski definition) is 1. The van der Waals surface area contributed by atoms with Gasteiger partial charge in [0.15, 0.2) is 0 Å². The van der Waals surface area contributed by atoms with Gasteiger partial charge in [-0.1, -0.05) is 31.0 Å². The third kappa shape index (κ3) is 5.30. The molecule has 0 aliphatic heterocycles. The molecule has 0 fully saturated rings. The lowest BCUT2D eigenvalue weighted by molar-refractivity contribution is 0.572. The van der Waals surface area contributed by atoms with Gasteiger partial charge in [0.05, 0.1) is 11.0 Å². The number of nitrogens with one attached hydrogen (secondary N) is 1. The van der Waals surface area contributed by atoms with Crippen molar-refractivity contribution < 1.29 is 8.42 Å². The summed E-state index contributed by atoms with van der Waals surface area (Å²) < 4.78 is 26.2. The van der Waals surface area contributed by atoms with Crippen LogP contribution in [0.3, 0.4) is 0 Å². The van der Waals surface area contributed by atoms with Gasteiger partial charge >= 0.3 is 0 Å². The summed E-state index contributed by atoms with van der Waals surface area (Å²) in [5.74, 6) is 0. The van der Waals surface area contributed by atoms with Gasteiger partial charge in [-0.15, -0.1) is 0 Å². The van der Waals surface area contributed by atoms with E-state index >= 15 is 0 Å². The molecule has 4 nitrogen and oxygen atoms in total. The fourth-order valence-corrected chi connectivity index (χ4v) is 2.67. The van der Waals surface area contributed by atoms with E-state index in [0.29, 0.717) is 17.9 Å². The van der Waals surface area contributed by atoms with Gasteiger partial charge in [0, 0.05) is 13.0 Å². The maximum Gasteiger partial charge on any atom is 0.240 e. The van der Waals surface area contributed by atoms with Gasteiger partial charge in [0.1, 0.15) is 0 Å². The van der Waals surface area contributed by atoms with Gasteiger partial charge in [-0.05, 0) is 25.0 Å². The fourth-order valence-electron chi connectivity index (χ4n) is 1.57. The van der Waals surface area contributed by atoms with Crippen LogP contribution < -0.4 is 4.72 Å². The number of nitrogens with zero attached hydrogens (tertiary/aromatic N) is 1. The molecule has 98 valence electrons. The van der Waals surface area contributed by atoms with Crippen LogP contribution in [0.2, 0.25) is 0 Å². The standard InChI is InChI=1S/C13H18N2O2S/c14-11-7-2-1-3-8-12-15-18(16,17)13-9-5-4-6-10-13/h4-6,9-10,15H,1-3,7-8,12H2. The molecule has 1 N–H and O–H groups in total. The minimum Gasteiger partial charge on any atom is -0.211 e. The third-order valence-electron chi connectivity index (χ3n) is 2.56. The summed E-state index contributed by atoms with van der Waals surface area (Å²) >= 11 is 0. The zero-order valence-corrected chi connectivity index (χ0v) is 11.1. The highest BCUT2D eigenvalue weighted by molar-refractivity contribution is 7.89. The Kier molecular flexibility index (Phi) is 6.40. The minimum absolute atomic E-state index is 0.300. The summed E-state index contributed by atoms with van der Waals surface area (Å²) in [4.78, 5) is 0.300. The van der Waals surface area contributed by atoms with Crippen molar-refractivity contribution in [2.24, 2.45) is 0 Å². The van der Waals surface area contributed by atoms with Crippen LogP contribution in [-0.4, -0.2) is 15.0 Å². The first-order chi connectivity index (χ1) is 8.67. The molecule has 0 aromatic heterocycles. The van der Waals surface area contributed by atoms with Crippen molar-refractivity contribution in [1.29, 1.82) is 5.26 Å². The molecule has 0 atom stereocenters. The van der Waals surface area contributed by atoms with E-state index in [9.17, 15) is 8.42 Å². The molecule has 0 amide bonds. The zero-order valence-electron chi connectivity index (χ0n) is 10.3. The van der Waals surface area contributed by atoms with Crippen molar-refractivity contribution >= 4 is 10.0 Å². The van der Waals surface area contributed by atoms with Crippen LogP contribution in [0.15, 0.2) is 35.2 Å². The fraction of sp³-hybridized carbons (Fsp3) is 0.462. The van der Waals surface area contributed by atoms with Crippen LogP contribution in [-0.2, 0) is 10.0 Å². The monoisotopic (exact) mass is 266 g/mol. The SMILES string of the molecule is N#CCCCCCCNS(=O)(=O)c1ccccc1. The third-order valence-corrected chi connectivity index (χ3v) is 4.04. The van der Waals surface area contributed by atoms with Gasteiger partial charge in [-0.2, -0.15) is 5.26 Å². The van der Waals surface area contributed by atoms with Crippen molar-refractivity contribution in [2.45, 2.75) is 37.0 Å². The summed E-state index contributed by atoms with van der Waals surface area (Å²) in [5.41, 5.74) is 0. The molecule has 5 heteroatoms. The van der Waals surface area contributed by atoms with Crippen LogP contribution >= 0.6 is 0 Å². The average molecular weight is 266 g/mol. The normalized spacial score (nSPS) is 11.1. The van der Waals surface area contributed by atoms with Crippen LogP contribution in [0.4, 0.5) is 0 Å². The highest BCUT2D eigenvalue weighted by Crippen LogP contribution is 2.07. The molecule has 0 unspecified atom stereocenters. The van der Waals surface area contributed by atoms with E-state index in [4.69, 9.17) is 5.26 Å². The van der Waals surface area contributed by atoms with E-state index < -0.39 is 10.0 Å². The number of benzene rings is 1. The molecule has 1 aromatic rings.